The maximum absolute atomic E-state index is 5.13. The molecule has 0 saturated heterocycles. The van der Waals surface area contributed by atoms with Crippen LogP contribution in [0.2, 0.25) is 0 Å². The van der Waals surface area contributed by atoms with E-state index < -0.39 is 0 Å². The van der Waals surface area contributed by atoms with Crippen LogP contribution in [0.3, 0.4) is 0 Å². The molecule has 4 heteroatoms. The van der Waals surface area contributed by atoms with Gasteiger partial charge in [0.2, 0.25) is 0 Å². The van der Waals surface area contributed by atoms with Crippen molar-refractivity contribution in [3.05, 3.63) is 37.7 Å². The topological polar surface area (TPSA) is 38.1 Å². The fourth-order valence-electron chi connectivity index (χ4n) is 0.755. The van der Waals surface area contributed by atoms with Gasteiger partial charge in [0.25, 0.3) is 0 Å². The predicted octanol–water partition coefficient (Wildman–Crippen LogP) is 1.90. The summed E-state index contributed by atoms with van der Waals surface area (Å²) in [5.41, 5.74) is 0.749. The molecule has 3 nitrogen and oxygen atoms in total. The van der Waals surface area contributed by atoms with Gasteiger partial charge in [-0.3, -0.25) is 16.5 Å². The van der Waals surface area contributed by atoms with E-state index in [1.54, 1.807) is 0 Å². The van der Waals surface area contributed by atoms with Crippen LogP contribution in [0.1, 0.15) is 18.5 Å². The Morgan fingerprint density at radius 2 is 2.36 bits per heavy atom. The normalized spacial score (nSPS) is 12.1. The minimum atomic E-state index is 0. The van der Waals surface area contributed by atoms with Gasteiger partial charge in [-0.25, -0.2) is 6.08 Å². The first-order chi connectivity index (χ1) is 6.24. The molecule has 0 saturated carbocycles. The van der Waals surface area contributed by atoms with Gasteiger partial charge in [-0.05, 0) is 5.82 Å². The van der Waals surface area contributed by atoms with Gasteiger partial charge in [-0.2, -0.15) is 11.6 Å². The van der Waals surface area contributed by atoms with Crippen LogP contribution in [0.4, 0.5) is 5.82 Å². The summed E-state index contributed by atoms with van der Waals surface area (Å²) >= 11 is 0. The Balaban J connectivity index is 0.00000169. The van der Waals surface area contributed by atoms with Crippen LogP contribution in [-0.2, 0) is 21.1 Å². The van der Waals surface area contributed by atoms with Gasteiger partial charge in [0.1, 0.15) is 6.33 Å². The van der Waals surface area contributed by atoms with Gasteiger partial charge >= 0.3 is 0 Å². The average molecular weight is 356 g/mol. The second-order valence-electron chi connectivity index (χ2n) is 2.58. The van der Waals surface area contributed by atoms with Crippen LogP contribution < -0.4 is 0 Å². The van der Waals surface area contributed by atoms with E-state index in [9.17, 15) is 0 Å². The minimum Gasteiger partial charge on any atom is -0.407 e. The van der Waals surface area contributed by atoms with Crippen LogP contribution in [0.5, 0.6) is 0 Å². The molecule has 1 rings (SSSR count). The third-order valence-electron chi connectivity index (χ3n) is 1.37. The van der Waals surface area contributed by atoms with Gasteiger partial charge in [0.05, 0.1) is 0 Å². The summed E-state index contributed by atoms with van der Waals surface area (Å²) in [4.78, 5) is 11.8. The number of aliphatic imine (C=N–C) groups is 1. The predicted molar refractivity (Wildman–Crippen MR) is 51.7 cm³/mol. The van der Waals surface area contributed by atoms with E-state index in [2.05, 4.69) is 28.0 Å². The fraction of sp³-hybridized carbons (Fsp3) is 0.200. The summed E-state index contributed by atoms with van der Waals surface area (Å²) in [6.45, 7) is 10.9. The maximum Gasteiger partial charge on any atom is 0.110 e. The average Bonchev–Trinajstić information content (AvgIpc) is 2.15. The van der Waals surface area contributed by atoms with Gasteiger partial charge in [0.15, 0.2) is 0 Å². The molecular formula is C10H10N3W-3. The van der Waals surface area contributed by atoms with E-state index in [-0.39, 0.29) is 27.0 Å². The van der Waals surface area contributed by atoms with E-state index in [1.807, 2.05) is 6.92 Å². The van der Waals surface area contributed by atoms with Crippen LogP contribution in [0.15, 0.2) is 17.4 Å². The van der Waals surface area contributed by atoms with Crippen molar-refractivity contribution in [1.82, 2.24) is 9.97 Å². The van der Waals surface area contributed by atoms with E-state index in [0.717, 1.165) is 5.69 Å². The molecule has 1 atom stereocenters. The Hall–Kier alpha value is -0.822. The van der Waals surface area contributed by atoms with Crippen molar-refractivity contribution >= 4 is 12.0 Å². The first-order valence-electron chi connectivity index (χ1n) is 3.89. The van der Waals surface area contributed by atoms with Crippen molar-refractivity contribution in [3.63, 3.8) is 0 Å². The Bertz CT molecular complexity index is 321. The SMILES string of the molecule is [CH-]=CC=Nc1[c-]c(C([CH2-])C)ncn1.[W]. The summed E-state index contributed by atoms with van der Waals surface area (Å²) in [7, 11) is 0. The van der Waals surface area contributed by atoms with Crippen molar-refractivity contribution in [1.29, 1.82) is 0 Å². The number of hydrogen-bond donors (Lipinski definition) is 0. The third kappa shape index (κ3) is 3.92. The molecule has 0 aliphatic rings. The molecular weight excluding hydrogens is 346 g/mol. The smallest absolute Gasteiger partial charge is 0.110 e. The van der Waals surface area contributed by atoms with E-state index in [0.29, 0.717) is 5.82 Å². The van der Waals surface area contributed by atoms with Crippen molar-refractivity contribution in [3.8, 4) is 0 Å². The van der Waals surface area contributed by atoms with Crippen LogP contribution in [0.25, 0.3) is 0 Å². The van der Waals surface area contributed by atoms with Gasteiger partial charge in [0, 0.05) is 21.1 Å². The zero-order valence-electron chi connectivity index (χ0n) is 7.84. The van der Waals surface area contributed by atoms with Gasteiger partial charge in [-0.1, -0.05) is 6.92 Å². The van der Waals surface area contributed by atoms with Crippen LogP contribution in [0, 0.1) is 19.6 Å². The van der Waals surface area contributed by atoms with Gasteiger partial charge < -0.3 is 18.0 Å². The third-order valence-corrected chi connectivity index (χ3v) is 1.37. The second-order valence-corrected chi connectivity index (χ2v) is 2.58. The monoisotopic (exact) mass is 356 g/mol. The molecule has 1 unspecified atom stereocenters. The van der Waals surface area contributed by atoms with Crippen LogP contribution >= 0.6 is 0 Å². The Morgan fingerprint density at radius 1 is 1.64 bits per heavy atom. The number of nitrogens with zero attached hydrogens (tertiary/aromatic N) is 3. The Labute approximate surface area is 98.7 Å². The Kier molecular flexibility index (Phi) is 6.22. The molecule has 1 aromatic heterocycles. The first kappa shape index (κ1) is 13.2. The molecule has 14 heavy (non-hydrogen) atoms. The minimum absolute atomic E-state index is 0. The molecule has 0 bridgehead atoms. The molecule has 0 aromatic carbocycles. The molecule has 0 N–H and O–H groups in total. The maximum atomic E-state index is 5.13. The van der Waals surface area contributed by atoms with Crippen molar-refractivity contribution in [2.24, 2.45) is 4.99 Å². The summed E-state index contributed by atoms with van der Waals surface area (Å²) in [6, 6.07) is 2.92. The van der Waals surface area contributed by atoms with Crippen molar-refractivity contribution in [2.45, 2.75) is 12.8 Å². The molecule has 0 aliphatic heterocycles. The molecule has 0 radical (unpaired) electrons. The summed E-state index contributed by atoms with van der Waals surface area (Å²) in [6.07, 6.45) is 4.23. The molecule has 74 valence electrons. The number of rotatable bonds is 3. The van der Waals surface area contributed by atoms with Crippen molar-refractivity contribution < 1.29 is 21.1 Å². The number of aromatic nitrogens is 2. The number of allylic oxidation sites excluding steroid dienone is 1. The van der Waals surface area contributed by atoms with E-state index >= 15 is 0 Å². The summed E-state index contributed by atoms with van der Waals surface area (Å²) in [5.74, 6) is 0.556. The van der Waals surface area contributed by atoms with Gasteiger partial charge in [-0.15, -0.1) is 6.21 Å². The Morgan fingerprint density at radius 3 is 2.93 bits per heavy atom. The van der Waals surface area contributed by atoms with E-state index in [4.69, 9.17) is 6.58 Å². The van der Waals surface area contributed by atoms with Crippen LogP contribution in [-0.4, -0.2) is 16.2 Å². The van der Waals surface area contributed by atoms with E-state index in [1.165, 1.54) is 18.6 Å². The first-order valence-corrected chi connectivity index (χ1v) is 3.89. The molecule has 0 amide bonds. The quantitative estimate of drug-likeness (QED) is 0.613. The molecule has 1 aromatic rings. The largest absolute Gasteiger partial charge is 0.407 e. The molecule has 1 heterocycles. The number of hydrogen-bond acceptors (Lipinski definition) is 3. The summed E-state index contributed by atoms with van der Waals surface area (Å²) in [5, 5.41) is 0. The zero-order valence-corrected chi connectivity index (χ0v) is 10.8. The molecule has 0 aliphatic carbocycles. The standard InChI is InChI=1S/C10H10N3.W/c1-4-5-11-10-6-9(8(2)3)12-7-13-10;/h1,4-5,7-8H,2H2,3H3;/q-3;. The van der Waals surface area contributed by atoms with Crippen molar-refractivity contribution in [2.75, 3.05) is 0 Å². The molecule has 0 fully saturated rings. The summed E-state index contributed by atoms with van der Waals surface area (Å²) < 4.78 is 0. The second kappa shape index (κ2) is 6.61. The fourth-order valence-corrected chi connectivity index (χ4v) is 0.755. The molecule has 0 spiro atoms. The zero-order chi connectivity index (χ0) is 9.68.